The molecule has 4 aromatic carbocycles. The number of nitrogens with one attached hydrogen (secondary N) is 1. The number of nitrogens with zero attached hydrogens (tertiary/aromatic N) is 2. The summed E-state index contributed by atoms with van der Waals surface area (Å²) < 4.78 is 35.2. The van der Waals surface area contributed by atoms with Crippen molar-refractivity contribution in [2.45, 2.75) is 49.6 Å². The van der Waals surface area contributed by atoms with Crippen LogP contribution in [-0.2, 0) is 32.6 Å². The second-order valence-corrected chi connectivity index (χ2v) is 13.5. The Morgan fingerprint density at radius 1 is 0.848 bits per heavy atom. The minimum absolute atomic E-state index is 0.0571. The molecule has 1 N–H and O–H groups in total. The SMILES string of the molecule is CCNC(=O)[C@@H](Cc1ccccc1)N(Cc1ccc(C)cc1)C(=O)CN(c1ccc(OCC)cc1)S(=O)(=O)c1ccc(SC)cc1. The predicted octanol–water partition coefficient (Wildman–Crippen LogP) is 6.09. The van der Waals surface area contributed by atoms with Crippen LogP contribution in [0.4, 0.5) is 5.69 Å². The van der Waals surface area contributed by atoms with Gasteiger partial charge in [0.05, 0.1) is 17.2 Å². The van der Waals surface area contributed by atoms with E-state index in [-0.39, 0.29) is 23.8 Å². The molecule has 10 heteroatoms. The standard InChI is InChI=1S/C36H41N3O5S2/c1-5-37-36(41)34(24-28-10-8-7-9-11-28)38(25-29-14-12-27(3)13-15-29)35(40)26-39(30-16-18-31(19-17-30)44-6-2)46(42,43)33-22-20-32(45-4)21-23-33/h7-23,34H,5-6,24-26H2,1-4H3,(H,37,41)/t34-/m1/s1. The molecule has 0 bridgehead atoms. The molecule has 2 amide bonds. The van der Waals surface area contributed by atoms with Crippen molar-refractivity contribution in [1.29, 1.82) is 0 Å². The Morgan fingerprint density at radius 2 is 1.50 bits per heavy atom. The molecule has 46 heavy (non-hydrogen) atoms. The molecule has 1 atom stereocenters. The average molecular weight is 660 g/mol. The molecule has 0 aliphatic heterocycles. The zero-order chi connectivity index (χ0) is 33.1. The van der Waals surface area contributed by atoms with Crippen LogP contribution < -0.4 is 14.4 Å². The number of likely N-dealkylation sites (N-methyl/N-ethyl adjacent to an activating group) is 1. The number of sulfonamides is 1. The van der Waals surface area contributed by atoms with Crippen LogP contribution in [0.1, 0.15) is 30.5 Å². The van der Waals surface area contributed by atoms with Crippen LogP contribution in [0.5, 0.6) is 5.75 Å². The molecule has 0 aromatic heterocycles. The summed E-state index contributed by atoms with van der Waals surface area (Å²) >= 11 is 1.50. The van der Waals surface area contributed by atoms with E-state index in [0.29, 0.717) is 24.6 Å². The summed E-state index contributed by atoms with van der Waals surface area (Å²) in [5.74, 6) is -0.236. The molecule has 0 aliphatic rings. The molecule has 4 aromatic rings. The first-order valence-corrected chi connectivity index (χ1v) is 17.9. The number of hydrogen-bond donors (Lipinski definition) is 1. The fourth-order valence-corrected chi connectivity index (χ4v) is 6.84. The van der Waals surface area contributed by atoms with Gasteiger partial charge in [-0.3, -0.25) is 13.9 Å². The highest BCUT2D eigenvalue weighted by Crippen LogP contribution is 2.28. The van der Waals surface area contributed by atoms with Crippen LogP contribution in [0, 0.1) is 6.92 Å². The van der Waals surface area contributed by atoms with Gasteiger partial charge in [-0.2, -0.15) is 0 Å². The van der Waals surface area contributed by atoms with Crippen LogP contribution in [0.15, 0.2) is 113 Å². The predicted molar refractivity (Wildman–Crippen MR) is 185 cm³/mol. The van der Waals surface area contributed by atoms with Crippen molar-refractivity contribution in [3.8, 4) is 5.75 Å². The van der Waals surface area contributed by atoms with E-state index < -0.39 is 28.5 Å². The maximum absolute atomic E-state index is 14.5. The lowest BCUT2D eigenvalue weighted by atomic mass is 10.0. The molecule has 0 heterocycles. The number of carbonyl (C=O) groups is 2. The Hall–Kier alpha value is -4.28. The van der Waals surface area contributed by atoms with E-state index in [9.17, 15) is 18.0 Å². The molecule has 8 nitrogen and oxygen atoms in total. The van der Waals surface area contributed by atoms with E-state index >= 15 is 0 Å². The first-order valence-electron chi connectivity index (χ1n) is 15.2. The zero-order valence-electron chi connectivity index (χ0n) is 26.7. The highest BCUT2D eigenvalue weighted by atomic mass is 32.2. The molecule has 0 unspecified atom stereocenters. The maximum atomic E-state index is 14.5. The van der Waals surface area contributed by atoms with Gasteiger partial charge in [0.1, 0.15) is 18.3 Å². The van der Waals surface area contributed by atoms with Crippen molar-refractivity contribution < 1.29 is 22.7 Å². The second kappa shape index (κ2) is 16.3. The number of hydrogen-bond acceptors (Lipinski definition) is 6. The lowest BCUT2D eigenvalue weighted by molar-refractivity contribution is -0.140. The van der Waals surface area contributed by atoms with Crippen molar-refractivity contribution in [3.05, 3.63) is 120 Å². The minimum Gasteiger partial charge on any atom is -0.494 e. The molecule has 0 aliphatic carbocycles. The van der Waals surface area contributed by atoms with Crippen molar-refractivity contribution in [1.82, 2.24) is 10.2 Å². The molecule has 4 rings (SSSR count). The number of aryl methyl sites for hydroxylation is 1. The summed E-state index contributed by atoms with van der Waals surface area (Å²) in [6.07, 6.45) is 2.17. The van der Waals surface area contributed by atoms with Gasteiger partial charge in [0, 0.05) is 24.4 Å². The Bertz CT molecular complexity index is 1680. The quantitative estimate of drug-likeness (QED) is 0.155. The zero-order valence-corrected chi connectivity index (χ0v) is 28.3. The molecule has 242 valence electrons. The van der Waals surface area contributed by atoms with Gasteiger partial charge >= 0.3 is 0 Å². The summed E-state index contributed by atoms with van der Waals surface area (Å²) in [7, 11) is -4.19. The number of thioether (sulfide) groups is 1. The highest BCUT2D eigenvalue weighted by Gasteiger charge is 2.34. The van der Waals surface area contributed by atoms with Crippen LogP contribution in [0.3, 0.4) is 0 Å². The Morgan fingerprint density at radius 3 is 2.09 bits per heavy atom. The van der Waals surface area contributed by atoms with Gasteiger partial charge in [-0.25, -0.2) is 8.42 Å². The molecule has 0 saturated heterocycles. The van der Waals surface area contributed by atoms with Crippen molar-refractivity contribution in [2.75, 3.05) is 30.3 Å². The number of rotatable bonds is 15. The normalized spacial score (nSPS) is 11.8. The van der Waals surface area contributed by atoms with Gasteiger partial charge in [0.2, 0.25) is 11.8 Å². The summed E-state index contributed by atoms with van der Waals surface area (Å²) in [6.45, 7) is 6.11. The third kappa shape index (κ3) is 8.92. The topological polar surface area (TPSA) is 96.0 Å². The molecular weight excluding hydrogens is 619 g/mol. The van der Waals surface area contributed by atoms with E-state index in [2.05, 4.69) is 5.32 Å². The van der Waals surface area contributed by atoms with E-state index in [0.717, 1.165) is 25.9 Å². The third-order valence-corrected chi connectivity index (χ3v) is 9.99. The fraction of sp³-hybridized carbons (Fsp3) is 0.278. The van der Waals surface area contributed by atoms with Gasteiger partial charge in [-0.1, -0.05) is 60.2 Å². The van der Waals surface area contributed by atoms with E-state index in [4.69, 9.17) is 4.74 Å². The lowest BCUT2D eigenvalue weighted by Gasteiger charge is -2.34. The van der Waals surface area contributed by atoms with Gasteiger partial charge in [0.15, 0.2) is 0 Å². The summed E-state index contributed by atoms with van der Waals surface area (Å²) in [4.78, 5) is 30.6. The molecule has 0 radical (unpaired) electrons. The number of amides is 2. The number of benzene rings is 4. The third-order valence-electron chi connectivity index (χ3n) is 7.46. The first kappa shape index (κ1) is 34.6. The lowest BCUT2D eigenvalue weighted by Crippen LogP contribution is -2.53. The van der Waals surface area contributed by atoms with E-state index in [1.807, 2.05) is 81.6 Å². The van der Waals surface area contributed by atoms with Crippen LogP contribution in [0.2, 0.25) is 0 Å². The molecular formula is C36H41N3O5S2. The van der Waals surface area contributed by atoms with Crippen molar-refractivity contribution in [3.63, 3.8) is 0 Å². The highest BCUT2D eigenvalue weighted by molar-refractivity contribution is 7.98. The monoisotopic (exact) mass is 659 g/mol. The molecule has 0 fully saturated rings. The minimum atomic E-state index is -4.19. The largest absolute Gasteiger partial charge is 0.494 e. The number of ether oxygens (including phenoxy) is 1. The maximum Gasteiger partial charge on any atom is 0.264 e. The number of anilines is 1. The number of carbonyl (C=O) groups excluding carboxylic acids is 2. The van der Waals surface area contributed by atoms with E-state index in [1.54, 1.807) is 48.5 Å². The van der Waals surface area contributed by atoms with Gasteiger partial charge < -0.3 is 15.0 Å². The van der Waals surface area contributed by atoms with Gasteiger partial charge in [-0.15, -0.1) is 11.8 Å². The fourth-order valence-electron chi connectivity index (χ4n) is 5.02. The van der Waals surface area contributed by atoms with Crippen LogP contribution >= 0.6 is 11.8 Å². The summed E-state index contributed by atoms with van der Waals surface area (Å²) in [5.41, 5.74) is 3.07. The molecule has 0 saturated carbocycles. The summed E-state index contributed by atoms with van der Waals surface area (Å²) in [5, 5.41) is 2.89. The van der Waals surface area contributed by atoms with Crippen LogP contribution in [-0.4, -0.2) is 57.1 Å². The van der Waals surface area contributed by atoms with Crippen molar-refractivity contribution >= 4 is 39.3 Å². The summed E-state index contributed by atoms with van der Waals surface area (Å²) in [6, 6.07) is 29.5. The Balaban J connectivity index is 1.79. The smallest absolute Gasteiger partial charge is 0.264 e. The van der Waals surface area contributed by atoms with Crippen LogP contribution in [0.25, 0.3) is 0 Å². The Labute approximate surface area is 276 Å². The molecule has 0 spiro atoms. The second-order valence-electron chi connectivity index (χ2n) is 10.7. The van der Waals surface area contributed by atoms with Gasteiger partial charge in [0.25, 0.3) is 10.0 Å². The van der Waals surface area contributed by atoms with E-state index in [1.165, 1.54) is 16.7 Å². The average Bonchev–Trinajstić information content (AvgIpc) is 3.07. The first-order chi connectivity index (χ1) is 22.2. The van der Waals surface area contributed by atoms with Crippen molar-refractivity contribution in [2.24, 2.45) is 0 Å². The van der Waals surface area contributed by atoms with Gasteiger partial charge in [-0.05, 0) is 86.7 Å². The Kier molecular flexibility index (Phi) is 12.3.